The van der Waals surface area contributed by atoms with Crippen LogP contribution >= 0.6 is 0 Å². The number of aromatic nitrogens is 4. The second-order valence-electron chi connectivity index (χ2n) is 5.87. The first-order valence-corrected chi connectivity index (χ1v) is 7.64. The summed E-state index contributed by atoms with van der Waals surface area (Å²) in [4.78, 5) is 16.7. The van der Waals surface area contributed by atoms with Crippen LogP contribution < -0.4 is 4.90 Å². The molecule has 7 nitrogen and oxygen atoms in total. The van der Waals surface area contributed by atoms with Gasteiger partial charge in [-0.2, -0.15) is 0 Å². The van der Waals surface area contributed by atoms with E-state index in [-0.39, 0.29) is 0 Å². The van der Waals surface area contributed by atoms with Crippen LogP contribution in [-0.2, 0) is 13.1 Å². The first-order valence-electron chi connectivity index (χ1n) is 7.64. The van der Waals surface area contributed by atoms with E-state index in [0.717, 1.165) is 29.1 Å². The third kappa shape index (κ3) is 3.94. The highest BCUT2D eigenvalue weighted by Crippen LogP contribution is 2.19. The molecule has 3 heterocycles. The molecule has 3 aromatic rings. The predicted octanol–water partition coefficient (Wildman–Crippen LogP) is 2.22. The summed E-state index contributed by atoms with van der Waals surface area (Å²) in [7, 11) is 5.87. The van der Waals surface area contributed by atoms with Crippen LogP contribution in [0, 0.1) is 0 Å². The average Bonchev–Trinajstić information content (AvgIpc) is 3.04. The molecule has 0 amide bonds. The maximum Gasteiger partial charge on any atom is 0.224 e. The van der Waals surface area contributed by atoms with Gasteiger partial charge in [-0.15, -0.1) is 0 Å². The summed E-state index contributed by atoms with van der Waals surface area (Å²) in [6.07, 6.45) is 7.18. The zero-order chi connectivity index (χ0) is 16.9. The molecule has 3 rings (SSSR count). The summed E-state index contributed by atoms with van der Waals surface area (Å²) >= 11 is 0. The Hall–Kier alpha value is -2.80. The van der Waals surface area contributed by atoms with Gasteiger partial charge in [0.1, 0.15) is 5.69 Å². The fourth-order valence-corrected chi connectivity index (χ4v) is 2.34. The summed E-state index contributed by atoms with van der Waals surface area (Å²) in [6, 6.07) is 5.78. The van der Waals surface area contributed by atoms with Gasteiger partial charge < -0.3 is 9.42 Å². The summed E-state index contributed by atoms with van der Waals surface area (Å²) in [5, 5.41) is 4.12. The van der Waals surface area contributed by atoms with E-state index in [2.05, 4.69) is 25.0 Å². The smallest absolute Gasteiger partial charge is 0.224 e. The van der Waals surface area contributed by atoms with E-state index < -0.39 is 0 Å². The third-order valence-corrected chi connectivity index (χ3v) is 3.50. The largest absolute Gasteiger partial charge is 0.359 e. The number of anilines is 1. The Morgan fingerprint density at radius 2 is 1.71 bits per heavy atom. The van der Waals surface area contributed by atoms with Gasteiger partial charge in [0.2, 0.25) is 5.95 Å². The van der Waals surface area contributed by atoms with Crippen molar-refractivity contribution in [1.29, 1.82) is 0 Å². The van der Waals surface area contributed by atoms with E-state index in [1.165, 1.54) is 0 Å². The van der Waals surface area contributed by atoms with E-state index in [4.69, 9.17) is 4.52 Å². The standard InChI is InChI=1S/C17H20N6O/c1-22(2)17-19-9-13(10-20-17)11-23(3)12-15-8-16(21-24-15)14-4-6-18-7-5-14/h4-10H,11-12H2,1-3H3. The van der Waals surface area contributed by atoms with Gasteiger partial charge in [0.15, 0.2) is 5.76 Å². The van der Waals surface area contributed by atoms with Gasteiger partial charge in [0.05, 0.1) is 6.54 Å². The lowest BCUT2D eigenvalue weighted by molar-refractivity contribution is 0.266. The Labute approximate surface area is 141 Å². The third-order valence-electron chi connectivity index (χ3n) is 3.50. The predicted molar refractivity (Wildman–Crippen MR) is 91.3 cm³/mol. The monoisotopic (exact) mass is 324 g/mol. The first kappa shape index (κ1) is 16.1. The van der Waals surface area contributed by atoms with E-state index >= 15 is 0 Å². The van der Waals surface area contributed by atoms with Crippen molar-refractivity contribution < 1.29 is 4.52 Å². The second-order valence-corrected chi connectivity index (χ2v) is 5.87. The van der Waals surface area contributed by atoms with Gasteiger partial charge in [0, 0.05) is 62.6 Å². The minimum absolute atomic E-state index is 0.660. The molecule has 0 aromatic carbocycles. The highest BCUT2D eigenvalue weighted by molar-refractivity contribution is 5.57. The molecule has 0 saturated carbocycles. The Morgan fingerprint density at radius 3 is 2.38 bits per heavy atom. The maximum atomic E-state index is 5.43. The van der Waals surface area contributed by atoms with Crippen molar-refractivity contribution in [3.05, 3.63) is 54.3 Å². The van der Waals surface area contributed by atoms with E-state index in [1.807, 2.05) is 56.6 Å². The molecule has 0 aliphatic carbocycles. The molecular formula is C17H20N6O. The summed E-state index contributed by atoms with van der Waals surface area (Å²) in [5.74, 6) is 1.52. The summed E-state index contributed by atoms with van der Waals surface area (Å²) in [6.45, 7) is 1.40. The lowest BCUT2D eigenvalue weighted by Crippen LogP contribution is -2.18. The molecule has 24 heavy (non-hydrogen) atoms. The van der Waals surface area contributed by atoms with Gasteiger partial charge >= 0.3 is 0 Å². The molecule has 0 spiro atoms. The fourth-order valence-electron chi connectivity index (χ4n) is 2.34. The van der Waals surface area contributed by atoms with Gasteiger partial charge in [-0.25, -0.2) is 9.97 Å². The maximum absolute atomic E-state index is 5.43. The summed E-state index contributed by atoms with van der Waals surface area (Å²) in [5.41, 5.74) is 2.87. The lowest BCUT2D eigenvalue weighted by atomic mass is 10.2. The lowest BCUT2D eigenvalue weighted by Gasteiger charge is -2.15. The van der Waals surface area contributed by atoms with Crippen LogP contribution in [0.2, 0.25) is 0 Å². The van der Waals surface area contributed by atoms with Crippen LogP contribution in [0.4, 0.5) is 5.95 Å². The summed E-state index contributed by atoms with van der Waals surface area (Å²) < 4.78 is 5.43. The molecule has 3 aromatic heterocycles. The number of rotatable bonds is 6. The Kier molecular flexibility index (Phi) is 4.81. The highest BCUT2D eigenvalue weighted by Gasteiger charge is 2.10. The van der Waals surface area contributed by atoms with Gasteiger partial charge in [-0.05, 0) is 19.2 Å². The van der Waals surface area contributed by atoms with Crippen LogP contribution in [0.5, 0.6) is 0 Å². The number of nitrogens with zero attached hydrogens (tertiary/aromatic N) is 6. The van der Waals surface area contributed by atoms with E-state index in [1.54, 1.807) is 12.4 Å². The zero-order valence-electron chi connectivity index (χ0n) is 14.0. The van der Waals surface area contributed by atoms with Crippen molar-refractivity contribution in [2.75, 3.05) is 26.0 Å². The molecular weight excluding hydrogens is 304 g/mol. The SMILES string of the molecule is CN(Cc1cnc(N(C)C)nc1)Cc1cc(-c2ccncc2)no1. The number of pyridine rings is 1. The molecule has 0 fully saturated rings. The van der Waals surface area contributed by atoms with Crippen LogP contribution in [-0.4, -0.2) is 46.2 Å². The van der Waals surface area contributed by atoms with E-state index in [0.29, 0.717) is 12.5 Å². The molecule has 0 radical (unpaired) electrons. The molecule has 7 heteroatoms. The van der Waals surface area contributed by atoms with Crippen molar-refractivity contribution in [3.63, 3.8) is 0 Å². The van der Waals surface area contributed by atoms with Crippen LogP contribution in [0.3, 0.4) is 0 Å². The topological polar surface area (TPSA) is 71.2 Å². The van der Waals surface area contributed by atoms with Crippen LogP contribution in [0.15, 0.2) is 47.5 Å². The quantitative estimate of drug-likeness (QED) is 0.688. The fraction of sp³-hybridized carbons (Fsp3) is 0.294. The minimum atomic E-state index is 0.660. The number of hydrogen-bond acceptors (Lipinski definition) is 7. The van der Waals surface area contributed by atoms with Crippen molar-refractivity contribution in [2.24, 2.45) is 0 Å². The van der Waals surface area contributed by atoms with Crippen molar-refractivity contribution in [3.8, 4) is 11.3 Å². The average molecular weight is 324 g/mol. The molecule has 0 unspecified atom stereocenters. The Bertz CT molecular complexity index is 769. The van der Waals surface area contributed by atoms with Gasteiger partial charge in [-0.3, -0.25) is 9.88 Å². The van der Waals surface area contributed by atoms with Gasteiger partial charge in [0.25, 0.3) is 0 Å². The molecule has 0 aliphatic heterocycles. The molecule has 0 N–H and O–H groups in total. The van der Waals surface area contributed by atoms with Crippen molar-refractivity contribution in [2.45, 2.75) is 13.1 Å². The normalized spacial score (nSPS) is 11.0. The highest BCUT2D eigenvalue weighted by atomic mass is 16.5. The number of hydrogen-bond donors (Lipinski definition) is 0. The first-order chi connectivity index (χ1) is 11.6. The van der Waals surface area contributed by atoms with Crippen LogP contribution in [0.25, 0.3) is 11.3 Å². The van der Waals surface area contributed by atoms with Crippen LogP contribution in [0.1, 0.15) is 11.3 Å². The Morgan fingerprint density at radius 1 is 1.00 bits per heavy atom. The molecule has 124 valence electrons. The molecule has 0 bridgehead atoms. The van der Waals surface area contributed by atoms with E-state index in [9.17, 15) is 0 Å². The Balaban J connectivity index is 1.61. The second kappa shape index (κ2) is 7.18. The minimum Gasteiger partial charge on any atom is -0.359 e. The molecule has 0 aliphatic rings. The van der Waals surface area contributed by atoms with Crippen molar-refractivity contribution in [1.82, 2.24) is 25.0 Å². The zero-order valence-corrected chi connectivity index (χ0v) is 14.0. The van der Waals surface area contributed by atoms with Gasteiger partial charge in [-0.1, -0.05) is 5.16 Å². The molecule has 0 saturated heterocycles. The van der Waals surface area contributed by atoms with Crippen molar-refractivity contribution >= 4 is 5.95 Å². The molecule has 0 atom stereocenters.